The third-order valence-corrected chi connectivity index (χ3v) is 5.38. The summed E-state index contributed by atoms with van der Waals surface area (Å²) in [6.45, 7) is 4.57. The lowest BCUT2D eigenvalue weighted by atomic mass is 9.78. The Morgan fingerprint density at radius 3 is 2.56 bits per heavy atom. The highest BCUT2D eigenvalue weighted by molar-refractivity contribution is 5.78. The van der Waals surface area contributed by atoms with Gasteiger partial charge in [0, 0.05) is 11.6 Å². The van der Waals surface area contributed by atoms with Crippen molar-refractivity contribution in [1.29, 1.82) is 0 Å². The zero-order valence-electron chi connectivity index (χ0n) is 15.1. The highest BCUT2D eigenvalue weighted by atomic mass is 16.5. The van der Waals surface area contributed by atoms with E-state index < -0.39 is 0 Å². The fourth-order valence-electron chi connectivity index (χ4n) is 3.63. The summed E-state index contributed by atoms with van der Waals surface area (Å²) in [5.74, 6) is 1.90. The molecule has 0 aliphatic heterocycles. The molecule has 3 nitrogen and oxygen atoms in total. The molecule has 3 atom stereocenters. The minimum atomic E-state index is -0.0335. The molecule has 25 heavy (non-hydrogen) atoms. The molecule has 1 amide bonds. The molecule has 1 saturated carbocycles. The molecule has 1 aliphatic carbocycles. The number of benzene rings is 2. The SMILES string of the molecule is C[C@@H]1[C@H](C)CCC[C@H]1NC(=O)COc1ccccc1-c1ccccc1. The van der Waals surface area contributed by atoms with E-state index in [0.717, 1.165) is 23.3 Å². The Balaban J connectivity index is 1.61. The summed E-state index contributed by atoms with van der Waals surface area (Å²) in [5, 5.41) is 3.16. The first-order valence-electron chi connectivity index (χ1n) is 9.22. The first-order valence-corrected chi connectivity index (χ1v) is 9.22. The van der Waals surface area contributed by atoms with Crippen molar-refractivity contribution < 1.29 is 9.53 Å². The monoisotopic (exact) mass is 337 g/mol. The predicted molar refractivity (Wildman–Crippen MR) is 101 cm³/mol. The van der Waals surface area contributed by atoms with Crippen LogP contribution in [0.3, 0.4) is 0 Å². The summed E-state index contributed by atoms with van der Waals surface area (Å²) < 4.78 is 5.84. The summed E-state index contributed by atoms with van der Waals surface area (Å²) in [4.78, 5) is 12.3. The first kappa shape index (κ1) is 17.5. The summed E-state index contributed by atoms with van der Waals surface area (Å²) in [6, 6.07) is 18.2. The Morgan fingerprint density at radius 2 is 1.76 bits per heavy atom. The molecule has 132 valence electrons. The molecule has 3 rings (SSSR count). The first-order chi connectivity index (χ1) is 12.1. The van der Waals surface area contributed by atoms with Gasteiger partial charge in [-0.2, -0.15) is 0 Å². The number of hydrogen-bond donors (Lipinski definition) is 1. The van der Waals surface area contributed by atoms with Crippen LogP contribution in [-0.4, -0.2) is 18.6 Å². The minimum absolute atomic E-state index is 0.0335. The van der Waals surface area contributed by atoms with Crippen molar-refractivity contribution in [2.24, 2.45) is 11.8 Å². The minimum Gasteiger partial charge on any atom is -0.483 e. The van der Waals surface area contributed by atoms with Gasteiger partial charge in [-0.15, -0.1) is 0 Å². The number of carbonyl (C=O) groups is 1. The normalized spacial score (nSPS) is 23.0. The summed E-state index contributed by atoms with van der Waals surface area (Å²) >= 11 is 0. The number of nitrogens with one attached hydrogen (secondary N) is 1. The molecule has 0 aromatic heterocycles. The molecule has 0 radical (unpaired) electrons. The smallest absolute Gasteiger partial charge is 0.258 e. The maximum Gasteiger partial charge on any atom is 0.258 e. The van der Waals surface area contributed by atoms with E-state index in [9.17, 15) is 4.79 Å². The van der Waals surface area contributed by atoms with Crippen molar-refractivity contribution in [3.63, 3.8) is 0 Å². The van der Waals surface area contributed by atoms with Gasteiger partial charge in [0.05, 0.1) is 0 Å². The summed E-state index contributed by atoms with van der Waals surface area (Å²) in [6.07, 6.45) is 3.51. The van der Waals surface area contributed by atoms with E-state index in [2.05, 4.69) is 19.2 Å². The van der Waals surface area contributed by atoms with E-state index in [1.165, 1.54) is 12.8 Å². The van der Waals surface area contributed by atoms with Gasteiger partial charge in [-0.1, -0.05) is 75.2 Å². The van der Waals surface area contributed by atoms with Gasteiger partial charge in [0.2, 0.25) is 0 Å². The van der Waals surface area contributed by atoms with Crippen LogP contribution in [0.15, 0.2) is 54.6 Å². The number of amides is 1. The van der Waals surface area contributed by atoms with Crippen molar-refractivity contribution in [3.05, 3.63) is 54.6 Å². The lowest BCUT2D eigenvalue weighted by Gasteiger charge is -2.34. The van der Waals surface area contributed by atoms with Gasteiger partial charge in [0.15, 0.2) is 6.61 Å². The fraction of sp³-hybridized carbons (Fsp3) is 0.409. The van der Waals surface area contributed by atoms with Gasteiger partial charge in [-0.25, -0.2) is 0 Å². The Labute approximate surface area is 150 Å². The summed E-state index contributed by atoms with van der Waals surface area (Å²) in [7, 11) is 0. The second kappa shape index (κ2) is 8.19. The van der Waals surface area contributed by atoms with Crippen molar-refractivity contribution in [2.45, 2.75) is 39.2 Å². The molecule has 2 aromatic rings. The van der Waals surface area contributed by atoms with E-state index in [1.807, 2.05) is 54.6 Å². The highest BCUT2D eigenvalue weighted by Crippen LogP contribution is 2.30. The van der Waals surface area contributed by atoms with Crippen LogP contribution in [0.1, 0.15) is 33.1 Å². The lowest BCUT2D eigenvalue weighted by Crippen LogP contribution is -2.45. The second-order valence-electron chi connectivity index (χ2n) is 7.09. The van der Waals surface area contributed by atoms with E-state index >= 15 is 0 Å². The molecular weight excluding hydrogens is 310 g/mol. The van der Waals surface area contributed by atoms with E-state index in [4.69, 9.17) is 4.74 Å². The fourth-order valence-corrected chi connectivity index (χ4v) is 3.63. The largest absolute Gasteiger partial charge is 0.483 e. The van der Waals surface area contributed by atoms with Crippen molar-refractivity contribution in [2.75, 3.05) is 6.61 Å². The lowest BCUT2D eigenvalue weighted by molar-refractivity contribution is -0.124. The average Bonchev–Trinajstić information content (AvgIpc) is 2.65. The van der Waals surface area contributed by atoms with Crippen LogP contribution in [0.5, 0.6) is 5.75 Å². The van der Waals surface area contributed by atoms with Gasteiger partial charge >= 0.3 is 0 Å². The number of rotatable bonds is 5. The third kappa shape index (κ3) is 4.41. The maximum atomic E-state index is 12.3. The van der Waals surface area contributed by atoms with Crippen LogP contribution in [0.2, 0.25) is 0 Å². The van der Waals surface area contributed by atoms with Gasteiger partial charge in [-0.3, -0.25) is 4.79 Å². The average molecular weight is 337 g/mol. The van der Waals surface area contributed by atoms with E-state index in [0.29, 0.717) is 11.8 Å². The molecule has 0 bridgehead atoms. The quantitative estimate of drug-likeness (QED) is 0.861. The number of hydrogen-bond acceptors (Lipinski definition) is 2. The Morgan fingerprint density at radius 1 is 1.04 bits per heavy atom. The predicted octanol–water partition coefficient (Wildman–Crippen LogP) is 4.67. The Hall–Kier alpha value is -2.29. The van der Waals surface area contributed by atoms with E-state index in [1.54, 1.807) is 0 Å². The van der Waals surface area contributed by atoms with Crippen LogP contribution in [-0.2, 0) is 4.79 Å². The molecule has 3 heteroatoms. The van der Waals surface area contributed by atoms with Crippen molar-refractivity contribution >= 4 is 5.91 Å². The molecule has 1 N–H and O–H groups in total. The van der Waals surface area contributed by atoms with Gasteiger partial charge in [-0.05, 0) is 29.9 Å². The zero-order valence-corrected chi connectivity index (χ0v) is 15.1. The Kier molecular flexibility index (Phi) is 5.75. The van der Waals surface area contributed by atoms with E-state index in [-0.39, 0.29) is 18.6 Å². The highest BCUT2D eigenvalue weighted by Gasteiger charge is 2.28. The number of ether oxygens (including phenoxy) is 1. The van der Waals surface area contributed by atoms with Gasteiger partial charge in [0.1, 0.15) is 5.75 Å². The van der Waals surface area contributed by atoms with Gasteiger partial charge in [0.25, 0.3) is 5.91 Å². The molecule has 1 aliphatic rings. The standard InChI is InChI=1S/C22H27NO2/c1-16-9-8-13-20(17(16)2)23-22(24)15-25-21-14-7-6-12-19(21)18-10-4-3-5-11-18/h3-7,10-12,14,16-17,20H,8-9,13,15H2,1-2H3,(H,23,24)/t16-,17-,20-/m1/s1. The molecule has 0 heterocycles. The zero-order chi connectivity index (χ0) is 17.6. The third-order valence-electron chi connectivity index (χ3n) is 5.38. The topological polar surface area (TPSA) is 38.3 Å². The number of carbonyl (C=O) groups excluding carboxylic acids is 1. The molecule has 0 saturated heterocycles. The van der Waals surface area contributed by atoms with Crippen LogP contribution < -0.4 is 10.1 Å². The van der Waals surface area contributed by atoms with Crippen LogP contribution in [0.25, 0.3) is 11.1 Å². The second-order valence-corrected chi connectivity index (χ2v) is 7.09. The molecule has 1 fully saturated rings. The van der Waals surface area contributed by atoms with Crippen LogP contribution in [0, 0.1) is 11.8 Å². The van der Waals surface area contributed by atoms with Crippen molar-refractivity contribution in [1.82, 2.24) is 5.32 Å². The van der Waals surface area contributed by atoms with Crippen LogP contribution >= 0.6 is 0 Å². The van der Waals surface area contributed by atoms with Crippen molar-refractivity contribution in [3.8, 4) is 16.9 Å². The maximum absolute atomic E-state index is 12.3. The molecule has 2 aromatic carbocycles. The Bertz CT molecular complexity index is 698. The molecule has 0 spiro atoms. The summed E-state index contributed by atoms with van der Waals surface area (Å²) in [5.41, 5.74) is 2.10. The van der Waals surface area contributed by atoms with Crippen LogP contribution in [0.4, 0.5) is 0 Å². The molecule has 0 unspecified atom stereocenters. The van der Waals surface area contributed by atoms with Gasteiger partial charge < -0.3 is 10.1 Å². The number of para-hydroxylation sites is 1. The molecular formula is C22H27NO2.